The van der Waals surface area contributed by atoms with Crippen LogP contribution in [-0.4, -0.2) is 30.1 Å². The lowest BCUT2D eigenvalue weighted by molar-refractivity contribution is -0.135. The average Bonchev–Trinajstić information content (AvgIpc) is 3.19. The molecule has 134 valence electrons. The summed E-state index contributed by atoms with van der Waals surface area (Å²) in [5, 5.41) is 11.2. The lowest BCUT2D eigenvalue weighted by atomic mass is 9.88. The third kappa shape index (κ3) is 2.45. The molecule has 0 saturated carbocycles. The zero-order valence-electron chi connectivity index (χ0n) is 14.4. The average molecular weight is 353 g/mol. The van der Waals surface area contributed by atoms with Gasteiger partial charge in [-0.05, 0) is 30.7 Å². The van der Waals surface area contributed by atoms with E-state index in [0.717, 1.165) is 6.42 Å². The first kappa shape index (κ1) is 16.6. The monoisotopic (exact) mass is 353 g/mol. The molecule has 2 aromatic carbocycles. The second-order valence-corrected chi connectivity index (χ2v) is 6.50. The maximum Gasteiger partial charge on any atom is 0.264 e. The van der Waals surface area contributed by atoms with Gasteiger partial charge in [-0.1, -0.05) is 25.1 Å². The largest absolute Gasteiger partial charge is 0.454 e. The minimum Gasteiger partial charge on any atom is -0.454 e. The summed E-state index contributed by atoms with van der Waals surface area (Å²) < 4.78 is 10.5. The summed E-state index contributed by atoms with van der Waals surface area (Å²) in [4.78, 5) is 27.3. The highest BCUT2D eigenvalue weighted by Crippen LogP contribution is 2.43. The third-order valence-electron chi connectivity index (χ3n) is 4.80. The first-order chi connectivity index (χ1) is 12.5. The molecule has 1 N–H and O–H groups in total. The second-order valence-electron chi connectivity index (χ2n) is 6.50. The lowest BCUT2D eigenvalue weighted by Crippen LogP contribution is -2.42. The van der Waals surface area contributed by atoms with Gasteiger partial charge in [-0.3, -0.25) is 9.59 Å². The number of aliphatic hydroxyl groups is 1. The van der Waals surface area contributed by atoms with Crippen LogP contribution >= 0.6 is 0 Å². The van der Waals surface area contributed by atoms with Crippen LogP contribution in [0.3, 0.4) is 0 Å². The standard InChI is InChI=1S/C20H19NO5/c1-2-9-21-15-6-4-3-5-14(15)20(24,19(21)23)11-16(22)13-7-8-17-18(10-13)26-12-25-17/h3-8,10,24H,2,9,11-12H2,1H3/t20-/m1/s1. The Morgan fingerprint density at radius 2 is 1.96 bits per heavy atom. The van der Waals surface area contributed by atoms with E-state index in [-0.39, 0.29) is 19.0 Å². The Kier molecular flexibility index (Phi) is 3.92. The predicted molar refractivity (Wildman–Crippen MR) is 94.5 cm³/mol. The van der Waals surface area contributed by atoms with E-state index in [0.29, 0.717) is 34.9 Å². The minimum absolute atomic E-state index is 0.120. The zero-order chi connectivity index (χ0) is 18.3. The first-order valence-electron chi connectivity index (χ1n) is 8.61. The fourth-order valence-electron chi connectivity index (χ4n) is 3.53. The van der Waals surface area contributed by atoms with Gasteiger partial charge in [-0.25, -0.2) is 0 Å². The molecule has 0 spiro atoms. The third-order valence-corrected chi connectivity index (χ3v) is 4.80. The van der Waals surface area contributed by atoms with Crippen molar-refractivity contribution in [2.75, 3.05) is 18.2 Å². The Morgan fingerprint density at radius 3 is 2.77 bits per heavy atom. The van der Waals surface area contributed by atoms with Crippen molar-refractivity contribution in [3.63, 3.8) is 0 Å². The number of anilines is 1. The maximum absolute atomic E-state index is 12.9. The van der Waals surface area contributed by atoms with Crippen molar-refractivity contribution in [3.05, 3.63) is 53.6 Å². The number of fused-ring (bicyclic) bond motifs is 2. The molecule has 2 aromatic rings. The van der Waals surface area contributed by atoms with Gasteiger partial charge in [0.25, 0.3) is 5.91 Å². The number of hydrogen-bond donors (Lipinski definition) is 1. The fraction of sp³-hybridized carbons (Fsp3) is 0.300. The van der Waals surface area contributed by atoms with Gasteiger partial charge < -0.3 is 19.5 Å². The molecule has 1 amide bonds. The van der Waals surface area contributed by atoms with Gasteiger partial charge in [0.1, 0.15) is 0 Å². The first-order valence-corrected chi connectivity index (χ1v) is 8.61. The molecule has 0 unspecified atom stereocenters. The van der Waals surface area contributed by atoms with E-state index in [1.54, 1.807) is 41.3 Å². The second kappa shape index (κ2) is 6.14. The van der Waals surface area contributed by atoms with E-state index in [2.05, 4.69) is 0 Å². The molecule has 1 atom stereocenters. The van der Waals surface area contributed by atoms with Crippen LogP contribution in [0.25, 0.3) is 0 Å². The molecule has 0 bridgehead atoms. The van der Waals surface area contributed by atoms with Crippen LogP contribution in [0.4, 0.5) is 5.69 Å². The minimum atomic E-state index is -1.85. The number of carbonyl (C=O) groups is 2. The van der Waals surface area contributed by atoms with E-state index in [1.165, 1.54) is 0 Å². The van der Waals surface area contributed by atoms with E-state index >= 15 is 0 Å². The van der Waals surface area contributed by atoms with Crippen LogP contribution in [0.2, 0.25) is 0 Å². The Labute approximate surface area is 151 Å². The predicted octanol–water partition coefficient (Wildman–Crippen LogP) is 2.63. The Hall–Kier alpha value is -2.86. The number of para-hydroxylation sites is 1. The van der Waals surface area contributed by atoms with Gasteiger partial charge in [-0.2, -0.15) is 0 Å². The van der Waals surface area contributed by atoms with Crippen molar-refractivity contribution in [2.24, 2.45) is 0 Å². The number of nitrogens with zero attached hydrogens (tertiary/aromatic N) is 1. The fourth-order valence-corrected chi connectivity index (χ4v) is 3.53. The highest BCUT2D eigenvalue weighted by molar-refractivity contribution is 6.10. The van der Waals surface area contributed by atoms with E-state index in [9.17, 15) is 14.7 Å². The van der Waals surface area contributed by atoms with Gasteiger partial charge in [-0.15, -0.1) is 0 Å². The summed E-state index contributed by atoms with van der Waals surface area (Å²) in [6.45, 7) is 2.58. The van der Waals surface area contributed by atoms with Gasteiger partial charge in [0.05, 0.1) is 12.1 Å². The van der Waals surface area contributed by atoms with Crippen molar-refractivity contribution < 1.29 is 24.2 Å². The smallest absolute Gasteiger partial charge is 0.264 e. The normalized spacial score (nSPS) is 20.4. The number of carbonyl (C=O) groups excluding carboxylic acids is 2. The number of Topliss-reactive ketones (excluding diaryl/α,β-unsaturated/α-hetero) is 1. The number of ketones is 1. The molecule has 0 radical (unpaired) electrons. The zero-order valence-corrected chi connectivity index (χ0v) is 14.4. The molecule has 6 heteroatoms. The molecule has 26 heavy (non-hydrogen) atoms. The highest BCUT2D eigenvalue weighted by Gasteiger charge is 2.50. The quantitative estimate of drug-likeness (QED) is 0.837. The topological polar surface area (TPSA) is 76.1 Å². The molecule has 0 saturated heterocycles. The molecule has 0 aliphatic carbocycles. The van der Waals surface area contributed by atoms with Crippen LogP contribution < -0.4 is 14.4 Å². The van der Waals surface area contributed by atoms with Crippen LogP contribution in [0.15, 0.2) is 42.5 Å². The highest BCUT2D eigenvalue weighted by atomic mass is 16.7. The molecular weight excluding hydrogens is 334 g/mol. The van der Waals surface area contributed by atoms with Crippen molar-refractivity contribution >= 4 is 17.4 Å². The maximum atomic E-state index is 12.9. The number of hydrogen-bond acceptors (Lipinski definition) is 5. The van der Waals surface area contributed by atoms with Crippen molar-refractivity contribution in [2.45, 2.75) is 25.4 Å². The van der Waals surface area contributed by atoms with Gasteiger partial charge in [0.2, 0.25) is 6.79 Å². The van der Waals surface area contributed by atoms with Crippen molar-refractivity contribution in [1.82, 2.24) is 0 Å². The summed E-state index contributed by atoms with van der Waals surface area (Å²) in [5.74, 6) is 0.298. The summed E-state index contributed by atoms with van der Waals surface area (Å²) in [6.07, 6.45) is 0.439. The molecule has 2 heterocycles. The number of rotatable bonds is 5. The van der Waals surface area contributed by atoms with Crippen molar-refractivity contribution in [3.8, 4) is 11.5 Å². The molecule has 0 aromatic heterocycles. The summed E-state index contributed by atoms with van der Waals surface area (Å²) in [7, 11) is 0. The van der Waals surface area contributed by atoms with Crippen molar-refractivity contribution in [1.29, 1.82) is 0 Å². The van der Waals surface area contributed by atoms with Crippen LogP contribution in [0.5, 0.6) is 11.5 Å². The Balaban J connectivity index is 1.66. The van der Waals surface area contributed by atoms with Gasteiger partial charge in [0, 0.05) is 17.7 Å². The van der Waals surface area contributed by atoms with E-state index in [4.69, 9.17) is 9.47 Å². The molecule has 2 aliphatic heterocycles. The van der Waals surface area contributed by atoms with E-state index in [1.807, 2.05) is 13.0 Å². The summed E-state index contributed by atoms with van der Waals surface area (Å²) >= 11 is 0. The molecule has 6 nitrogen and oxygen atoms in total. The number of ether oxygens (including phenoxy) is 2. The lowest BCUT2D eigenvalue weighted by Gasteiger charge is -2.22. The van der Waals surface area contributed by atoms with Gasteiger partial charge >= 0.3 is 0 Å². The number of benzene rings is 2. The summed E-state index contributed by atoms with van der Waals surface area (Å²) in [5.41, 5.74) is -0.325. The molecule has 2 aliphatic rings. The SMILES string of the molecule is CCCN1C(=O)[C@@](O)(CC(=O)c2ccc3c(c2)OCO3)c2ccccc21. The molecule has 4 rings (SSSR count). The number of amides is 1. The Morgan fingerprint density at radius 1 is 1.19 bits per heavy atom. The van der Waals surface area contributed by atoms with Crippen LogP contribution in [0, 0.1) is 0 Å². The van der Waals surface area contributed by atoms with E-state index < -0.39 is 11.5 Å². The summed E-state index contributed by atoms with van der Waals surface area (Å²) in [6, 6.07) is 11.9. The Bertz CT molecular complexity index is 894. The molecular formula is C20H19NO5. The van der Waals surface area contributed by atoms with Crippen LogP contribution in [-0.2, 0) is 10.4 Å². The van der Waals surface area contributed by atoms with Crippen LogP contribution in [0.1, 0.15) is 35.7 Å². The van der Waals surface area contributed by atoms with Gasteiger partial charge in [0.15, 0.2) is 22.9 Å². The molecule has 0 fully saturated rings.